The first kappa shape index (κ1) is 15.5. The number of carboxylic acids is 1. The van der Waals surface area contributed by atoms with Crippen LogP contribution in [0.2, 0.25) is 0 Å². The van der Waals surface area contributed by atoms with Crippen LogP contribution in [-0.4, -0.2) is 17.0 Å². The standard InChI is InChI=1S/C16H16BrNO3/c1-9(10(2)16(20)21)15(19)18-14-8-7-13(17)11-5-3-4-6-12(11)14/h3-10H,1-2H3,(H,18,19)(H,20,21). The third-order valence-corrected chi connectivity index (χ3v) is 4.37. The fourth-order valence-electron chi connectivity index (χ4n) is 2.06. The van der Waals surface area contributed by atoms with Crippen LogP contribution in [-0.2, 0) is 9.59 Å². The van der Waals surface area contributed by atoms with Crippen molar-refractivity contribution in [3.8, 4) is 0 Å². The van der Waals surface area contributed by atoms with Crippen LogP contribution in [0.5, 0.6) is 0 Å². The van der Waals surface area contributed by atoms with E-state index in [1.807, 2.05) is 36.4 Å². The number of carboxylic acid groups (broad SMARTS) is 1. The van der Waals surface area contributed by atoms with E-state index in [1.54, 1.807) is 6.92 Å². The number of benzene rings is 2. The summed E-state index contributed by atoms with van der Waals surface area (Å²) in [5.74, 6) is -2.60. The Hall–Kier alpha value is -1.88. The Morgan fingerprint density at radius 2 is 1.67 bits per heavy atom. The molecule has 21 heavy (non-hydrogen) atoms. The molecule has 4 nitrogen and oxygen atoms in total. The summed E-state index contributed by atoms with van der Waals surface area (Å²) in [4.78, 5) is 23.2. The number of carbonyl (C=O) groups is 2. The predicted molar refractivity (Wildman–Crippen MR) is 86.2 cm³/mol. The lowest BCUT2D eigenvalue weighted by Gasteiger charge is -2.17. The Labute approximate surface area is 131 Å². The molecular formula is C16H16BrNO3. The molecule has 0 spiro atoms. The van der Waals surface area contributed by atoms with E-state index >= 15 is 0 Å². The Kier molecular flexibility index (Phi) is 4.63. The van der Waals surface area contributed by atoms with Gasteiger partial charge in [0.2, 0.25) is 5.91 Å². The van der Waals surface area contributed by atoms with E-state index in [9.17, 15) is 9.59 Å². The lowest BCUT2D eigenvalue weighted by Crippen LogP contribution is -2.30. The highest BCUT2D eigenvalue weighted by atomic mass is 79.9. The zero-order valence-corrected chi connectivity index (χ0v) is 13.3. The van der Waals surface area contributed by atoms with Crippen LogP contribution in [0.25, 0.3) is 10.8 Å². The van der Waals surface area contributed by atoms with Gasteiger partial charge < -0.3 is 10.4 Å². The third-order valence-electron chi connectivity index (χ3n) is 3.68. The van der Waals surface area contributed by atoms with Gasteiger partial charge in [0.25, 0.3) is 0 Å². The number of amides is 1. The molecule has 0 heterocycles. The van der Waals surface area contributed by atoms with E-state index in [4.69, 9.17) is 5.11 Å². The van der Waals surface area contributed by atoms with E-state index in [-0.39, 0.29) is 5.91 Å². The van der Waals surface area contributed by atoms with Crippen LogP contribution in [0.15, 0.2) is 40.9 Å². The minimum atomic E-state index is -0.974. The van der Waals surface area contributed by atoms with Crippen molar-refractivity contribution >= 4 is 44.3 Å². The Bertz CT molecular complexity index is 699. The molecule has 0 aromatic heterocycles. The SMILES string of the molecule is CC(C(=O)O)C(C)C(=O)Nc1ccc(Br)c2ccccc12. The Morgan fingerprint density at radius 3 is 2.29 bits per heavy atom. The zero-order chi connectivity index (χ0) is 15.6. The van der Waals surface area contributed by atoms with E-state index in [2.05, 4.69) is 21.2 Å². The maximum absolute atomic E-state index is 12.2. The summed E-state index contributed by atoms with van der Waals surface area (Å²) in [5.41, 5.74) is 0.684. The summed E-state index contributed by atoms with van der Waals surface area (Å²) in [7, 11) is 0. The second kappa shape index (κ2) is 6.26. The molecule has 0 saturated carbocycles. The van der Waals surface area contributed by atoms with Crippen molar-refractivity contribution in [1.29, 1.82) is 0 Å². The first-order chi connectivity index (χ1) is 9.91. The molecule has 0 radical (unpaired) electrons. The van der Waals surface area contributed by atoms with Crippen LogP contribution < -0.4 is 5.32 Å². The molecule has 2 unspecified atom stereocenters. The van der Waals surface area contributed by atoms with Crippen molar-refractivity contribution in [2.75, 3.05) is 5.32 Å². The molecule has 0 aliphatic heterocycles. The smallest absolute Gasteiger partial charge is 0.307 e. The number of hydrogen-bond acceptors (Lipinski definition) is 2. The fraction of sp³-hybridized carbons (Fsp3) is 0.250. The number of fused-ring (bicyclic) bond motifs is 1. The van der Waals surface area contributed by atoms with Crippen molar-refractivity contribution < 1.29 is 14.7 Å². The predicted octanol–water partition coefficient (Wildman–Crippen LogP) is 3.90. The van der Waals surface area contributed by atoms with Gasteiger partial charge in [-0.3, -0.25) is 9.59 Å². The second-order valence-electron chi connectivity index (χ2n) is 5.05. The molecular weight excluding hydrogens is 334 g/mol. The summed E-state index contributed by atoms with van der Waals surface area (Å²) in [6.45, 7) is 3.15. The largest absolute Gasteiger partial charge is 0.481 e. The van der Waals surface area contributed by atoms with Gasteiger partial charge in [-0.2, -0.15) is 0 Å². The van der Waals surface area contributed by atoms with Gasteiger partial charge in [-0.25, -0.2) is 0 Å². The molecule has 2 aromatic carbocycles. The molecule has 0 saturated heterocycles. The van der Waals surface area contributed by atoms with Crippen LogP contribution in [0.3, 0.4) is 0 Å². The third kappa shape index (κ3) is 3.24. The summed E-state index contributed by atoms with van der Waals surface area (Å²) >= 11 is 3.48. The molecule has 110 valence electrons. The monoisotopic (exact) mass is 349 g/mol. The van der Waals surface area contributed by atoms with Crippen LogP contribution in [0, 0.1) is 11.8 Å². The van der Waals surface area contributed by atoms with Crippen molar-refractivity contribution in [1.82, 2.24) is 0 Å². The summed E-state index contributed by atoms with van der Waals surface area (Å²) in [5, 5.41) is 13.7. The van der Waals surface area contributed by atoms with E-state index < -0.39 is 17.8 Å². The highest BCUT2D eigenvalue weighted by molar-refractivity contribution is 9.10. The number of carbonyl (C=O) groups excluding carboxylic acids is 1. The van der Waals surface area contributed by atoms with E-state index in [0.29, 0.717) is 5.69 Å². The topological polar surface area (TPSA) is 66.4 Å². The second-order valence-corrected chi connectivity index (χ2v) is 5.90. The highest BCUT2D eigenvalue weighted by Gasteiger charge is 2.26. The van der Waals surface area contributed by atoms with Crippen molar-refractivity contribution in [3.63, 3.8) is 0 Å². The van der Waals surface area contributed by atoms with Gasteiger partial charge in [0.15, 0.2) is 0 Å². The number of anilines is 1. The van der Waals surface area contributed by atoms with Crippen LogP contribution in [0.1, 0.15) is 13.8 Å². The van der Waals surface area contributed by atoms with Crippen LogP contribution in [0.4, 0.5) is 5.69 Å². The van der Waals surface area contributed by atoms with Gasteiger partial charge in [-0.1, -0.05) is 54.0 Å². The van der Waals surface area contributed by atoms with E-state index in [1.165, 1.54) is 6.92 Å². The number of nitrogens with one attached hydrogen (secondary N) is 1. The molecule has 2 N–H and O–H groups in total. The molecule has 0 aliphatic rings. The zero-order valence-electron chi connectivity index (χ0n) is 11.8. The average molecular weight is 350 g/mol. The quantitative estimate of drug-likeness (QED) is 0.879. The molecule has 1 amide bonds. The minimum Gasteiger partial charge on any atom is -0.481 e. The molecule has 2 rings (SSSR count). The molecule has 0 bridgehead atoms. The van der Waals surface area contributed by atoms with Gasteiger partial charge in [0, 0.05) is 21.5 Å². The van der Waals surface area contributed by atoms with Gasteiger partial charge in [-0.05, 0) is 17.5 Å². The van der Waals surface area contributed by atoms with Gasteiger partial charge in [0.1, 0.15) is 0 Å². The van der Waals surface area contributed by atoms with Crippen molar-refractivity contribution in [2.45, 2.75) is 13.8 Å². The Morgan fingerprint density at radius 1 is 1.05 bits per heavy atom. The molecule has 2 atom stereocenters. The van der Waals surface area contributed by atoms with Crippen molar-refractivity contribution in [2.24, 2.45) is 11.8 Å². The summed E-state index contributed by atoms with van der Waals surface area (Å²) in [6.07, 6.45) is 0. The first-order valence-corrected chi connectivity index (χ1v) is 7.42. The number of halogens is 1. The first-order valence-electron chi connectivity index (χ1n) is 6.62. The van der Waals surface area contributed by atoms with Crippen molar-refractivity contribution in [3.05, 3.63) is 40.9 Å². The van der Waals surface area contributed by atoms with Gasteiger partial charge in [-0.15, -0.1) is 0 Å². The van der Waals surface area contributed by atoms with E-state index in [0.717, 1.165) is 15.2 Å². The van der Waals surface area contributed by atoms with Crippen LogP contribution >= 0.6 is 15.9 Å². The number of hydrogen-bond donors (Lipinski definition) is 2. The number of aliphatic carboxylic acids is 1. The fourth-order valence-corrected chi connectivity index (χ4v) is 2.54. The summed E-state index contributed by atoms with van der Waals surface area (Å²) in [6, 6.07) is 11.4. The highest BCUT2D eigenvalue weighted by Crippen LogP contribution is 2.30. The maximum atomic E-state index is 12.2. The Balaban J connectivity index is 2.30. The lowest BCUT2D eigenvalue weighted by molar-refractivity contribution is -0.145. The van der Waals surface area contributed by atoms with Gasteiger partial charge in [0.05, 0.1) is 5.92 Å². The molecule has 0 aliphatic carbocycles. The summed E-state index contributed by atoms with van der Waals surface area (Å²) < 4.78 is 0.947. The normalized spacial score (nSPS) is 13.7. The average Bonchev–Trinajstić information content (AvgIpc) is 2.48. The molecule has 5 heteroatoms. The molecule has 2 aromatic rings. The minimum absolute atomic E-state index is 0.294. The lowest BCUT2D eigenvalue weighted by atomic mass is 9.95. The number of rotatable bonds is 4. The van der Waals surface area contributed by atoms with Gasteiger partial charge >= 0.3 is 5.97 Å². The molecule has 0 fully saturated rings. The maximum Gasteiger partial charge on any atom is 0.307 e.